The molecule has 0 fully saturated rings. The maximum absolute atomic E-state index is 12.5. The van der Waals surface area contributed by atoms with Crippen LogP contribution in [-0.2, 0) is 16.1 Å². The van der Waals surface area contributed by atoms with E-state index in [1.165, 1.54) is 0 Å². The molecule has 2 N–H and O–H groups in total. The number of nitrogens with one attached hydrogen (secondary N) is 2. The van der Waals surface area contributed by atoms with E-state index in [-0.39, 0.29) is 24.4 Å². The summed E-state index contributed by atoms with van der Waals surface area (Å²) in [7, 11) is 1.88. The van der Waals surface area contributed by atoms with Gasteiger partial charge in [0.05, 0.1) is 29.3 Å². The van der Waals surface area contributed by atoms with Gasteiger partial charge in [-0.1, -0.05) is 30.3 Å². The Morgan fingerprint density at radius 2 is 1.79 bits per heavy atom. The Bertz CT molecular complexity index is 977. The smallest absolute Gasteiger partial charge is 0.243 e. The van der Waals surface area contributed by atoms with E-state index in [0.29, 0.717) is 6.54 Å². The second kappa shape index (κ2) is 9.15. The molecule has 0 aliphatic rings. The second-order valence-electron chi connectivity index (χ2n) is 7.20. The molecular weight excluding hydrogens is 384 g/mol. The number of likely N-dealkylation sites (N-methyl/N-ethyl adjacent to an activating group) is 1. The van der Waals surface area contributed by atoms with E-state index in [1.54, 1.807) is 11.3 Å². The van der Waals surface area contributed by atoms with Crippen LogP contribution in [0.15, 0.2) is 42.5 Å². The summed E-state index contributed by atoms with van der Waals surface area (Å²) in [6.45, 7) is 6.22. The highest BCUT2D eigenvalue weighted by Gasteiger charge is 2.20. The third-order valence-electron chi connectivity index (χ3n) is 4.93. The van der Waals surface area contributed by atoms with Crippen LogP contribution < -0.4 is 10.6 Å². The number of anilines is 1. The van der Waals surface area contributed by atoms with Gasteiger partial charge in [-0.05, 0) is 51.1 Å². The van der Waals surface area contributed by atoms with E-state index >= 15 is 0 Å². The average molecular weight is 411 g/mol. The van der Waals surface area contributed by atoms with Crippen LogP contribution in [0.25, 0.3) is 10.2 Å². The number of hydrogen-bond acceptors (Lipinski definition) is 5. The number of amides is 2. The zero-order chi connectivity index (χ0) is 21.0. The molecule has 1 aromatic heterocycles. The average Bonchev–Trinajstić information content (AvgIpc) is 3.10. The SMILES string of the molecule is Cc1cccc(C)c1NC(=O)CNC(=O)C(C)N(C)Cc1nc2ccccc2s1. The van der Waals surface area contributed by atoms with E-state index < -0.39 is 0 Å². The summed E-state index contributed by atoms with van der Waals surface area (Å²) >= 11 is 1.63. The molecule has 3 rings (SSSR count). The molecule has 1 atom stereocenters. The van der Waals surface area contributed by atoms with E-state index in [9.17, 15) is 9.59 Å². The van der Waals surface area contributed by atoms with Crippen LogP contribution in [0.5, 0.6) is 0 Å². The highest BCUT2D eigenvalue weighted by Crippen LogP contribution is 2.23. The highest BCUT2D eigenvalue weighted by molar-refractivity contribution is 7.18. The number of rotatable bonds is 7. The van der Waals surface area contributed by atoms with Crippen molar-refractivity contribution in [3.8, 4) is 0 Å². The number of carbonyl (C=O) groups excluding carboxylic acids is 2. The van der Waals surface area contributed by atoms with Crippen LogP contribution >= 0.6 is 11.3 Å². The molecule has 1 heterocycles. The summed E-state index contributed by atoms with van der Waals surface area (Å²) < 4.78 is 1.14. The zero-order valence-corrected chi connectivity index (χ0v) is 18.0. The van der Waals surface area contributed by atoms with Gasteiger partial charge in [-0.15, -0.1) is 11.3 Å². The Morgan fingerprint density at radius 3 is 2.48 bits per heavy atom. The number of para-hydroxylation sites is 2. The number of fused-ring (bicyclic) bond motifs is 1. The van der Waals surface area contributed by atoms with E-state index in [1.807, 2.05) is 75.2 Å². The lowest BCUT2D eigenvalue weighted by molar-refractivity contribution is -0.127. The number of benzene rings is 2. The van der Waals surface area contributed by atoms with Gasteiger partial charge in [0, 0.05) is 5.69 Å². The standard InChI is InChI=1S/C22H26N4O2S/c1-14-8-7-9-15(2)21(14)25-19(27)12-23-22(28)16(3)26(4)13-20-24-17-10-5-6-11-18(17)29-20/h5-11,16H,12-13H2,1-4H3,(H,23,28)(H,25,27). The Hall–Kier alpha value is -2.77. The van der Waals surface area contributed by atoms with Crippen molar-refractivity contribution in [2.75, 3.05) is 18.9 Å². The first kappa shape index (κ1) is 21.0. The summed E-state index contributed by atoms with van der Waals surface area (Å²) in [5.74, 6) is -0.429. The van der Waals surface area contributed by atoms with Crippen LogP contribution in [0, 0.1) is 13.8 Å². The van der Waals surface area contributed by atoms with E-state index in [4.69, 9.17) is 0 Å². The Kier molecular flexibility index (Phi) is 6.61. The summed E-state index contributed by atoms with van der Waals surface area (Å²) in [4.78, 5) is 31.3. The van der Waals surface area contributed by atoms with Gasteiger partial charge in [0.2, 0.25) is 11.8 Å². The Morgan fingerprint density at radius 1 is 1.10 bits per heavy atom. The van der Waals surface area contributed by atoms with Gasteiger partial charge in [0.1, 0.15) is 5.01 Å². The van der Waals surface area contributed by atoms with E-state index in [2.05, 4.69) is 15.6 Å². The predicted molar refractivity (Wildman–Crippen MR) is 118 cm³/mol. The molecule has 0 saturated heterocycles. The van der Waals surface area contributed by atoms with Gasteiger partial charge >= 0.3 is 0 Å². The van der Waals surface area contributed by atoms with Crippen molar-refractivity contribution in [2.24, 2.45) is 0 Å². The molecule has 0 aliphatic carbocycles. The normalized spacial score (nSPS) is 12.2. The number of carbonyl (C=O) groups is 2. The molecule has 2 amide bonds. The fourth-order valence-electron chi connectivity index (χ4n) is 3.05. The van der Waals surface area contributed by atoms with Crippen LogP contribution in [-0.4, -0.2) is 41.3 Å². The van der Waals surface area contributed by atoms with Crippen molar-refractivity contribution < 1.29 is 9.59 Å². The molecule has 0 radical (unpaired) electrons. The lowest BCUT2D eigenvalue weighted by Gasteiger charge is -2.22. The summed E-state index contributed by atoms with van der Waals surface area (Å²) in [5, 5.41) is 6.57. The molecular formula is C22H26N4O2S. The molecule has 152 valence electrons. The van der Waals surface area contributed by atoms with Gasteiger partial charge in [-0.3, -0.25) is 14.5 Å². The van der Waals surface area contributed by atoms with Crippen LogP contribution in [0.1, 0.15) is 23.1 Å². The first-order valence-electron chi connectivity index (χ1n) is 9.53. The van der Waals surface area contributed by atoms with Crippen LogP contribution in [0.3, 0.4) is 0 Å². The molecule has 0 saturated carbocycles. The number of nitrogens with zero attached hydrogens (tertiary/aromatic N) is 2. The Labute approximate surface area is 174 Å². The van der Waals surface area contributed by atoms with Crippen molar-refractivity contribution in [3.63, 3.8) is 0 Å². The number of thiazole rings is 1. The third-order valence-corrected chi connectivity index (χ3v) is 5.95. The van der Waals surface area contributed by atoms with Gasteiger partial charge in [0.15, 0.2) is 0 Å². The Balaban J connectivity index is 1.52. The fraction of sp³-hybridized carbons (Fsp3) is 0.318. The number of aromatic nitrogens is 1. The third kappa shape index (κ3) is 5.19. The summed E-state index contributed by atoms with van der Waals surface area (Å²) in [5.41, 5.74) is 3.76. The largest absolute Gasteiger partial charge is 0.346 e. The number of hydrogen-bond donors (Lipinski definition) is 2. The molecule has 6 nitrogen and oxygen atoms in total. The molecule has 0 bridgehead atoms. The van der Waals surface area contributed by atoms with Gasteiger partial charge in [-0.2, -0.15) is 0 Å². The maximum atomic E-state index is 12.5. The quantitative estimate of drug-likeness (QED) is 0.625. The molecule has 0 aliphatic heterocycles. The minimum atomic E-state index is -0.380. The fourth-order valence-corrected chi connectivity index (χ4v) is 4.08. The maximum Gasteiger partial charge on any atom is 0.243 e. The lowest BCUT2D eigenvalue weighted by atomic mass is 10.1. The monoisotopic (exact) mass is 410 g/mol. The number of aryl methyl sites for hydroxylation is 2. The van der Waals surface area contributed by atoms with Gasteiger partial charge in [-0.25, -0.2) is 4.98 Å². The predicted octanol–water partition coefficient (Wildman–Crippen LogP) is 3.49. The minimum Gasteiger partial charge on any atom is -0.346 e. The van der Waals surface area contributed by atoms with Gasteiger partial charge < -0.3 is 10.6 Å². The molecule has 3 aromatic rings. The van der Waals surface area contributed by atoms with Crippen molar-refractivity contribution in [2.45, 2.75) is 33.4 Å². The molecule has 7 heteroatoms. The van der Waals surface area contributed by atoms with Crippen molar-refractivity contribution in [1.82, 2.24) is 15.2 Å². The zero-order valence-electron chi connectivity index (χ0n) is 17.2. The van der Waals surface area contributed by atoms with Crippen LogP contribution in [0.2, 0.25) is 0 Å². The van der Waals surface area contributed by atoms with Gasteiger partial charge in [0.25, 0.3) is 0 Å². The van der Waals surface area contributed by atoms with E-state index in [0.717, 1.165) is 32.0 Å². The molecule has 2 aromatic carbocycles. The highest BCUT2D eigenvalue weighted by atomic mass is 32.1. The lowest BCUT2D eigenvalue weighted by Crippen LogP contribution is -2.45. The molecule has 29 heavy (non-hydrogen) atoms. The van der Waals surface area contributed by atoms with Crippen molar-refractivity contribution in [1.29, 1.82) is 0 Å². The summed E-state index contributed by atoms with van der Waals surface area (Å²) in [6, 6.07) is 13.4. The van der Waals surface area contributed by atoms with Crippen molar-refractivity contribution >= 4 is 39.1 Å². The first-order chi connectivity index (χ1) is 13.8. The van der Waals surface area contributed by atoms with Crippen molar-refractivity contribution in [3.05, 3.63) is 58.6 Å². The molecule has 1 unspecified atom stereocenters. The topological polar surface area (TPSA) is 74.3 Å². The van der Waals surface area contributed by atoms with Crippen LogP contribution in [0.4, 0.5) is 5.69 Å². The summed E-state index contributed by atoms with van der Waals surface area (Å²) in [6.07, 6.45) is 0. The second-order valence-corrected chi connectivity index (χ2v) is 8.31. The first-order valence-corrected chi connectivity index (χ1v) is 10.3. The molecule has 0 spiro atoms. The minimum absolute atomic E-state index is 0.0636.